The maximum absolute atomic E-state index is 12.9. The van der Waals surface area contributed by atoms with Gasteiger partial charge in [0.25, 0.3) is 11.8 Å². The van der Waals surface area contributed by atoms with Crippen molar-refractivity contribution in [1.29, 1.82) is 0 Å². The fraction of sp³-hybridized carbons (Fsp3) is 0.158. The number of amides is 2. The zero-order valence-corrected chi connectivity index (χ0v) is 15.9. The van der Waals surface area contributed by atoms with Crippen molar-refractivity contribution in [1.82, 2.24) is 29.8 Å². The molecule has 0 aliphatic carbocycles. The van der Waals surface area contributed by atoms with Gasteiger partial charge in [0.15, 0.2) is 5.13 Å². The minimum atomic E-state index is -0.356. The number of imidazole rings is 1. The van der Waals surface area contributed by atoms with Crippen LogP contribution in [-0.4, -0.2) is 48.2 Å². The Morgan fingerprint density at radius 3 is 3.00 bits per heavy atom. The third kappa shape index (κ3) is 3.34. The first kappa shape index (κ1) is 17.4. The molecule has 0 atom stereocenters. The van der Waals surface area contributed by atoms with E-state index in [-0.39, 0.29) is 17.5 Å². The lowest BCUT2D eigenvalue weighted by molar-refractivity contribution is 0.0736. The number of H-pyrrole nitrogens is 1. The van der Waals surface area contributed by atoms with Crippen molar-refractivity contribution < 1.29 is 9.59 Å². The first-order valence-corrected chi connectivity index (χ1v) is 9.77. The fourth-order valence-electron chi connectivity index (χ4n) is 3.25. The predicted octanol–water partition coefficient (Wildman–Crippen LogP) is 2.26. The Morgan fingerprint density at radius 1 is 1.21 bits per heavy atom. The molecule has 0 radical (unpaired) electrons. The number of hydrogen-bond acceptors (Lipinski definition) is 7. The molecule has 144 valence electrons. The van der Waals surface area contributed by atoms with E-state index in [0.717, 1.165) is 21.6 Å². The van der Waals surface area contributed by atoms with Crippen molar-refractivity contribution in [3.05, 3.63) is 64.9 Å². The SMILES string of the molecule is O=C(Nc1nc2c(s1)CN(C(=O)c1ccc3nc[nH]c3c1)CC2)c1cnccn1. The number of thiazole rings is 1. The number of carbonyl (C=O) groups is 2. The van der Waals surface area contributed by atoms with E-state index in [4.69, 9.17) is 0 Å². The average Bonchev–Trinajstić information content (AvgIpc) is 3.38. The van der Waals surface area contributed by atoms with Gasteiger partial charge in [-0.2, -0.15) is 0 Å². The number of fused-ring (bicyclic) bond motifs is 2. The van der Waals surface area contributed by atoms with Crippen molar-refractivity contribution in [2.45, 2.75) is 13.0 Å². The number of aromatic nitrogens is 5. The molecule has 4 heterocycles. The molecule has 29 heavy (non-hydrogen) atoms. The Bertz CT molecular complexity index is 1220. The lowest BCUT2D eigenvalue weighted by Crippen LogP contribution is -2.35. The van der Waals surface area contributed by atoms with Gasteiger partial charge in [-0.05, 0) is 18.2 Å². The number of nitrogens with one attached hydrogen (secondary N) is 2. The largest absolute Gasteiger partial charge is 0.345 e. The van der Waals surface area contributed by atoms with Crippen molar-refractivity contribution >= 4 is 39.3 Å². The predicted molar refractivity (Wildman–Crippen MR) is 107 cm³/mol. The Balaban J connectivity index is 1.32. The Labute approximate surface area is 168 Å². The van der Waals surface area contributed by atoms with Gasteiger partial charge in [-0.25, -0.2) is 15.0 Å². The molecule has 3 aromatic heterocycles. The molecule has 10 heteroatoms. The van der Waals surface area contributed by atoms with E-state index in [1.807, 2.05) is 12.1 Å². The molecular weight excluding hydrogens is 390 g/mol. The van der Waals surface area contributed by atoms with Gasteiger partial charge < -0.3 is 9.88 Å². The summed E-state index contributed by atoms with van der Waals surface area (Å²) in [6, 6.07) is 5.45. The highest BCUT2D eigenvalue weighted by Crippen LogP contribution is 2.29. The zero-order chi connectivity index (χ0) is 19.8. The van der Waals surface area contributed by atoms with Gasteiger partial charge in [-0.15, -0.1) is 0 Å². The van der Waals surface area contributed by atoms with E-state index in [9.17, 15) is 9.59 Å². The van der Waals surface area contributed by atoms with Crippen LogP contribution >= 0.6 is 11.3 Å². The van der Waals surface area contributed by atoms with Crippen LogP contribution in [0.1, 0.15) is 31.4 Å². The van der Waals surface area contributed by atoms with E-state index >= 15 is 0 Å². The first-order valence-electron chi connectivity index (χ1n) is 8.96. The third-order valence-electron chi connectivity index (χ3n) is 4.70. The van der Waals surface area contributed by atoms with Crippen LogP contribution in [0.15, 0.2) is 43.1 Å². The van der Waals surface area contributed by atoms with E-state index < -0.39 is 0 Å². The number of anilines is 1. The number of aromatic amines is 1. The van der Waals surface area contributed by atoms with Gasteiger partial charge in [0.2, 0.25) is 0 Å². The van der Waals surface area contributed by atoms with E-state index in [2.05, 4.69) is 30.2 Å². The number of rotatable bonds is 3. The summed E-state index contributed by atoms with van der Waals surface area (Å²) < 4.78 is 0. The summed E-state index contributed by atoms with van der Waals surface area (Å²) in [7, 11) is 0. The molecule has 2 amide bonds. The highest BCUT2D eigenvalue weighted by molar-refractivity contribution is 7.15. The van der Waals surface area contributed by atoms with Gasteiger partial charge >= 0.3 is 0 Å². The molecule has 2 N–H and O–H groups in total. The Hall–Kier alpha value is -3.66. The van der Waals surface area contributed by atoms with Crippen molar-refractivity contribution in [3.8, 4) is 0 Å². The molecule has 0 fully saturated rings. The minimum absolute atomic E-state index is 0.0364. The maximum atomic E-state index is 12.9. The lowest BCUT2D eigenvalue weighted by Gasteiger charge is -2.26. The quantitative estimate of drug-likeness (QED) is 0.540. The minimum Gasteiger partial charge on any atom is -0.345 e. The van der Waals surface area contributed by atoms with Gasteiger partial charge in [0.05, 0.1) is 35.8 Å². The maximum Gasteiger partial charge on any atom is 0.277 e. The van der Waals surface area contributed by atoms with Gasteiger partial charge in [-0.3, -0.25) is 19.9 Å². The Kier molecular flexibility index (Phi) is 4.24. The van der Waals surface area contributed by atoms with Crippen LogP contribution in [0.5, 0.6) is 0 Å². The summed E-state index contributed by atoms with van der Waals surface area (Å²) in [6.45, 7) is 1.04. The van der Waals surface area contributed by atoms with Crippen LogP contribution in [-0.2, 0) is 13.0 Å². The summed E-state index contributed by atoms with van der Waals surface area (Å²) in [6.07, 6.45) is 6.63. The van der Waals surface area contributed by atoms with Crippen LogP contribution in [0.25, 0.3) is 11.0 Å². The molecule has 1 aliphatic heterocycles. The molecule has 9 nitrogen and oxygen atoms in total. The molecule has 0 spiro atoms. The molecule has 0 bridgehead atoms. The van der Waals surface area contributed by atoms with E-state index in [1.165, 1.54) is 29.9 Å². The molecule has 5 rings (SSSR count). The molecule has 0 saturated carbocycles. The van der Waals surface area contributed by atoms with Crippen molar-refractivity contribution in [3.63, 3.8) is 0 Å². The second-order valence-corrected chi connectivity index (χ2v) is 7.63. The van der Waals surface area contributed by atoms with Crippen LogP contribution in [0, 0.1) is 0 Å². The highest BCUT2D eigenvalue weighted by atomic mass is 32.1. The molecule has 4 aromatic rings. The monoisotopic (exact) mass is 405 g/mol. The van der Waals surface area contributed by atoms with Crippen LogP contribution in [0.3, 0.4) is 0 Å². The average molecular weight is 405 g/mol. The van der Waals surface area contributed by atoms with Crippen LogP contribution in [0.2, 0.25) is 0 Å². The highest BCUT2D eigenvalue weighted by Gasteiger charge is 2.25. The number of benzene rings is 1. The smallest absolute Gasteiger partial charge is 0.277 e. The normalized spacial score (nSPS) is 13.3. The standard InChI is InChI=1S/C19H15N7O2S/c27-17(15-8-20-4-5-21-15)25-19-24-13-3-6-26(9-16(13)29-19)18(28)11-1-2-12-14(7-11)23-10-22-12/h1-2,4-5,7-8,10H,3,6,9H2,(H,22,23)(H,24,25,27). The Morgan fingerprint density at radius 2 is 2.14 bits per heavy atom. The van der Waals surface area contributed by atoms with Gasteiger partial charge in [0.1, 0.15) is 5.69 Å². The first-order chi connectivity index (χ1) is 14.2. The van der Waals surface area contributed by atoms with Crippen LogP contribution in [0.4, 0.5) is 5.13 Å². The number of carbonyl (C=O) groups excluding carboxylic acids is 2. The van der Waals surface area contributed by atoms with E-state index in [0.29, 0.717) is 30.2 Å². The summed E-state index contributed by atoms with van der Waals surface area (Å²) >= 11 is 1.38. The molecule has 0 saturated heterocycles. The lowest BCUT2D eigenvalue weighted by atomic mass is 10.1. The molecular formula is C19H15N7O2S. The molecule has 0 unspecified atom stereocenters. The summed E-state index contributed by atoms with van der Waals surface area (Å²) in [5, 5.41) is 3.26. The van der Waals surface area contributed by atoms with Crippen LogP contribution < -0.4 is 5.32 Å². The second kappa shape index (κ2) is 7.06. The molecule has 1 aromatic carbocycles. The number of hydrogen-bond donors (Lipinski definition) is 2. The third-order valence-corrected chi connectivity index (χ3v) is 5.70. The fourth-order valence-corrected chi connectivity index (χ4v) is 4.27. The van der Waals surface area contributed by atoms with Gasteiger partial charge in [0, 0.05) is 35.8 Å². The summed E-state index contributed by atoms with van der Waals surface area (Å²) in [4.78, 5) is 47.6. The second-order valence-electron chi connectivity index (χ2n) is 6.54. The topological polar surface area (TPSA) is 117 Å². The van der Waals surface area contributed by atoms with Crippen molar-refractivity contribution in [2.75, 3.05) is 11.9 Å². The van der Waals surface area contributed by atoms with Gasteiger partial charge in [-0.1, -0.05) is 11.3 Å². The zero-order valence-electron chi connectivity index (χ0n) is 15.1. The summed E-state index contributed by atoms with van der Waals surface area (Å²) in [5.41, 5.74) is 3.42. The van der Waals surface area contributed by atoms with Crippen molar-refractivity contribution in [2.24, 2.45) is 0 Å². The summed E-state index contributed by atoms with van der Waals surface area (Å²) in [5.74, 6) is -0.393. The molecule has 1 aliphatic rings. The number of nitrogens with zero attached hydrogens (tertiary/aromatic N) is 5. The van der Waals surface area contributed by atoms with E-state index in [1.54, 1.807) is 17.3 Å².